The smallest absolute Gasteiger partial charge is 0.309 e. The molecule has 0 aromatic carbocycles. The van der Waals surface area contributed by atoms with Crippen molar-refractivity contribution < 1.29 is 57.1 Å². The van der Waals surface area contributed by atoms with Crippen LogP contribution >= 0.6 is 0 Å². The molecule has 0 amide bonds. The van der Waals surface area contributed by atoms with Crippen molar-refractivity contribution in [2.75, 3.05) is 7.11 Å². The van der Waals surface area contributed by atoms with Gasteiger partial charge in [0, 0.05) is 35.5 Å². The Kier molecular flexibility index (Phi) is 5.38. The standard InChI is InChI=1S/C33H40O12/c1-16(2)23(37)42-33-24(38)27(4)15-31(33)28(5,18(27)12-20(34)39-7)30-10-9-26(3,22(36)17-8-11-40-14-17)19-13-21(35)41-25(33)32(19,30)45-29(6,43-30)44-31/h8,11,14,16,18-19,24-25,38H,9-10,12-13,15H2,1-7H3/t18?,19?,24?,25?,26?,27?,28-,29?,30?,31?,32?,33?/m0/s1. The molecule has 7 aliphatic rings. The number of esters is 3. The molecule has 4 aliphatic carbocycles. The van der Waals surface area contributed by atoms with E-state index in [0.717, 1.165) is 0 Å². The normalized spacial score (nSPS) is 52.9. The number of methoxy groups -OCH3 is 1. The van der Waals surface area contributed by atoms with Crippen molar-refractivity contribution in [1.82, 2.24) is 0 Å². The summed E-state index contributed by atoms with van der Waals surface area (Å²) >= 11 is 0. The molecule has 3 aliphatic heterocycles. The Hall–Kier alpha value is -2.80. The molecule has 1 N–H and O–H groups in total. The SMILES string of the molecule is COC(=O)CC1C2(C)CC34OC5(C)OC67C(CC(=O)OC6C3(OC(=O)C(C)C)C2O)C(C)(C(=O)c2ccoc2)CCC7(O5)[C@]14C. The molecule has 3 saturated heterocycles. The molecule has 4 saturated carbocycles. The van der Waals surface area contributed by atoms with Crippen molar-refractivity contribution in [3.8, 4) is 0 Å². The van der Waals surface area contributed by atoms with Gasteiger partial charge in [-0.3, -0.25) is 19.2 Å². The first-order chi connectivity index (χ1) is 21.0. The van der Waals surface area contributed by atoms with Gasteiger partial charge >= 0.3 is 17.9 Å². The largest absolute Gasteiger partial charge is 0.472 e. The van der Waals surface area contributed by atoms with Crippen LogP contribution in [0.1, 0.15) is 84.0 Å². The summed E-state index contributed by atoms with van der Waals surface area (Å²) in [4.78, 5) is 55.0. The van der Waals surface area contributed by atoms with E-state index in [0.29, 0.717) is 12.0 Å². The number of rotatable bonds is 6. The number of aliphatic hydroxyl groups excluding tert-OH is 1. The first-order valence-corrected chi connectivity index (χ1v) is 15.8. The van der Waals surface area contributed by atoms with Crippen molar-refractivity contribution >= 4 is 23.7 Å². The van der Waals surface area contributed by atoms with E-state index < -0.39 is 92.5 Å². The molecular formula is C33H40O12. The lowest BCUT2D eigenvalue weighted by molar-refractivity contribution is -0.478. The summed E-state index contributed by atoms with van der Waals surface area (Å²) < 4.78 is 44.3. The highest BCUT2D eigenvalue weighted by Gasteiger charge is 3.04. The van der Waals surface area contributed by atoms with Crippen molar-refractivity contribution in [1.29, 1.82) is 0 Å². The third-order valence-corrected chi connectivity index (χ3v) is 13.5. The second kappa shape index (κ2) is 8.18. The molecule has 1 aromatic rings. The van der Waals surface area contributed by atoms with E-state index in [9.17, 15) is 24.3 Å². The number of furan rings is 1. The van der Waals surface area contributed by atoms with Crippen LogP contribution in [-0.2, 0) is 42.8 Å². The summed E-state index contributed by atoms with van der Waals surface area (Å²) in [5, 5.41) is 12.7. The van der Waals surface area contributed by atoms with Crippen LogP contribution < -0.4 is 0 Å². The van der Waals surface area contributed by atoms with E-state index >= 15 is 0 Å². The number of carbonyl (C=O) groups excluding carboxylic acids is 4. The molecule has 1 aromatic heterocycles. The number of carbonyl (C=O) groups is 4. The highest BCUT2D eigenvalue weighted by molar-refractivity contribution is 6.01. The number of hydrogen-bond donors (Lipinski definition) is 1. The highest BCUT2D eigenvalue weighted by Crippen LogP contribution is 2.90. The average molecular weight is 629 g/mol. The minimum atomic E-state index is -1.94. The fourth-order valence-electron chi connectivity index (χ4n) is 12.0. The van der Waals surface area contributed by atoms with Crippen LogP contribution in [-0.4, -0.2) is 76.5 Å². The molecular weight excluding hydrogens is 588 g/mol. The second-order valence-corrected chi connectivity index (χ2v) is 15.5. The number of ether oxygens (including phenoxy) is 6. The quantitative estimate of drug-likeness (QED) is 0.279. The Morgan fingerprint density at radius 1 is 1.07 bits per heavy atom. The topological polar surface area (TPSA) is 157 Å². The third-order valence-electron chi connectivity index (χ3n) is 13.5. The van der Waals surface area contributed by atoms with E-state index in [1.807, 2.05) is 20.8 Å². The third kappa shape index (κ3) is 2.73. The number of hydrogen-bond acceptors (Lipinski definition) is 12. The zero-order chi connectivity index (χ0) is 32.4. The second-order valence-electron chi connectivity index (χ2n) is 15.5. The molecule has 4 bridgehead atoms. The van der Waals surface area contributed by atoms with Gasteiger partial charge in [0.2, 0.25) is 5.60 Å². The molecule has 4 heterocycles. The van der Waals surface area contributed by atoms with Crippen LogP contribution in [0.2, 0.25) is 0 Å². The van der Waals surface area contributed by atoms with Crippen molar-refractivity contribution in [3.63, 3.8) is 0 Å². The fourth-order valence-corrected chi connectivity index (χ4v) is 12.0. The Bertz CT molecular complexity index is 1550. The molecule has 244 valence electrons. The highest BCUT2D eigenvalue weighted by atomic mass is 16.9. The van der Waals surface area contributed by atoms with Gasteiger partial charge in [0.05, 0.1) is 31.3 Å². The number of Topliss-reactive ketones (excluding diaryl/α,β-unsaturated/α-hetero) is 1. The minimum absolute atomic E-state index is 0.0713. The molecule has 11 unspecified atom stereocenters. The maximum atomic E-state index is 14.4. The van der Waals surface area contributed by atoms with Gasteiger partial charge in [-0.25, -0.2) is 0 Å². The zero-order valence-corrected chi connectivity index (χ0v) is 26.6. The molecule has 0 radical (unpaired) electrons. The van der Waals surface area contributed by atoms with Crippen molar-refractivity contribution in [3.05, 3.63) is 24.2 Å². The maximum Gasteiger partial charge on any atom is 0.309 e. The fraction of sp³-hybridized carbons (Fsp3) is 0.758. The Labute approximate surface area is 260 Å². The van der Waals surface area contributed by atoms with Gasteiger partial charge in [-0.1, -0.05) is 34.6 Å². The molecule has 3 spiro atoms. The van der Waals surface area contributed by atoms with Gasteiger partial charge in [0.15, 0.2) is 11.9 Å². The van der Waals surface area contributed by atoms with Crippen LogP contribution in [0.4, 0.5) is 0 Å². The lowest BCUT2D eigenvalue weighted by atomic mass is 9.33. The van der Waals surface area contributed by atoms with Gasteiger partial charge in [0.25, 0.3) is 5.97 Å². The first kappa shape index (κ1) is 29.6. The van der Waals surface area contributed by atoms with Gasteiger partial charge in [-0.15, -0.1) is 0 Å². The summed E-state index contributed by atoms with van der Waals surface area (Å²) in [5.74, 6) is -5.67. The predicted octanol–water partition coefficient (Wildman–Crippen LogP) is 3.08. The first-order valence-electron chi connectivity index (χ1n) is 15.8. The summed E-state index contributed by atoms with van der Waals surface area (Å²) in [7, 11) is 1.32. The Balaban J connectivity index is 1.46. The van der Waals surface area contributed by atoms with E-state index in [4.69, 9.17) is 32.8 Å². The number of aliphatic hydroxyl groups is 1. The van der Waals surface area contributed by atoms with E-state index in [1.54, 1.807) is 26.8 Å². The van der Waals surface area contributed by atoms with Crippen LogP contribution in [0.15, 0.2) is 23.0 Å². The molecule has 12 atom stereocenters. The van der Waals surface area contributed by atoms with E-state index in [-0.39, 0.29) is 31.5 Å². The van der Waals surface area contributed by atoms with Crippen LogP contribution in [0.3, 0.4) is 0 Å². The maximum absolute atomic E-state index is 14.4. The van der Waals surface area contributed by atoms with Crippen LogP contribution in [0.25, 0.3) is 0 Å². The monoisotopic (exact) mass is 628 g/mol. The molecule has 7 fully saturated rings. The lowest BCUT2D eigenvalue weighted by Gasteiger charge is -2.77. The van der Waals surface area contributed by atoms with Gasteiger partial charge in [-0.2, -0.15) is 0 Å². The number of fused-ring (bicyclic) bond motifs is 3. The molecule has 12 nitrogen and oxygen atoms in total. The van der Waals surface area contributed by atoms with Gasteiger partial charge in [-0.05, 0) is 31.2 Å². The summed E-state index contributed by atoms with van der Waals surface area (Å²) in [6.07, 6.45) is 0.493. The molecule has 8 rings (SSSR count). The van der Waals surface area contributed by atoms with Gasteiger partial charge < -0.3 is 37.9 Å². The summed E-state index contributed by atoms with van der Waals surface area (Å²) in [5.41, 5.74) is -9.37. The van der Waals surface area contributed by atoms with Crippen LogP contribution in [0, 0.1) is 34.0 Å². The number of ketones is 1. The predicted molar refractivity (Wildman–Crippen MR) is 149 cm³/mol. The van der Waals surface area contributed by atoms with Crippen molar-refractivity contribution in [2.24, 2.45) is 34.0 Å². The molecule has 45 heavy (non-hydrogen) atoms. The van der Waals surface area contributed by atoms with E-state index in [2.05, 4.69) is 0 Å². The Morgan fingerprint density at radius 3 is 2.42 bits per heavy atom. The lowest BCUT2D eigenvalue weighted by Crippen LogP contribution is -2.94. The van der Waals surface area contributed by atoms with E-state index in [1.165, 1.54) is 19.6 Å². The Morgan fingerprint density at radius 2 is 1.78 bits per heavy atom. The summed E-state index contributed by atoms with van der Waals surface area (Å²) in [6.45, 7) is 10.7. The zero-order valence-electron chi connectivity index (χ0n) is 26.6. The van der Waals surface area contributed by atoms with Crippen LogP contribution in [0.5, 0.6) is 0 Å². The average Bonchev–Trinajstić information content (AvgIpc) is 3.67. The minimum Gasteiger partial charge on any atom is -0.472 e. The molecule has 12 heteroatoms. The van der Waals surface area contributed by atoms with Gasteiger partial charge in [0.1, 0.15) is 29.2 Å². The van der Waals surface area contributed by atoms with Crippen molar-refractivity contribution in [2.45, 2.75) is 114 Å². The summed E-state index contributed by atoms with van der Waals surface area (Å²) in [6, 6.07) is 1.59.